The van der Waals surface area contributed by atoms with E-state index in [0.29, 0.717) is 5.69 Å². The van der Waals surface area contributed by atoms with Gasteiger partial charge in [-0.2, -0.15) is 0 Å². The lowest BCUT2D eigenvalue weighted by molar-refractivity contribution is 0.100. The van der Waals surface area contributed by atoms with Crippen molar-refractivity contribution in [1.82, 2.24) is 15.0 Å². The highest BCUT2D eigenvalue weighted by Crippen LogP contribution is 2.26. The van der Waals surface area contributed by atoms with Crippen LogP contribution in [0.1, 0.15) is 36.0 Å². The van der Waals surface area contributed by atoms with Gasteiger partial charge in [0.05, 0.1) is 30.8 Å². The van der Waals surface area contributed by atoms with Crippen LogP contribution >= 0.6 is 0 Å². The molecule has 1 aliphatic carbocycles. The zero-order valence-electron chi connectivity index (χ0n) is 14.9. The number of primary amides is 1. The monoisotopic (exact) mass is 375 g/mol. The fraction of sp³-hybridized carbons (Fsp3) is 0.412. The van der Waals surface area contributed by atoms with Gasteiger partial charge < -0.3 is 26.8 Å². The molecule has 3 rings (SSSR count). The highest BCUT2D eigenvalue weighted by atomic mass is 19.1. The van der Waals surface area contributed by atoms with Gasteiger partial charge in [0.25, 0.3) is 5.91 Å². The summed E-state index contributed by atoms with van der Waals surface area (Å²) in [6.07, 6.45) is 6.67. The summed E-state index contributed by atoms with van der Waals surface area (Å²) in [7, 11) is 1.45. The molecule has 9 nitrogen and oxygen atoms in total. The minimum atomic E-state index is -0.806. The predicted octanol–water partition coefficient (Wildman–Crippen LogP) is 1.54. The molecule has 2 heterocycles. The lowest BCUT2D eigenvalue weighted by Crippen LogP contribution is -2.43. The number of ether oxygens (including phenoxy) is 1. The minimum absolute atomic E-state index is 0.0132. The van der Waals surface area contributed by atoms with Crippen LogP contribution in [-0.2, 0) is 0 Å². The molecule has 0 aromatic carbocycles. The van der Waals surface area contributed by atoms with E-state index in [2.05, 4.69) is 25.6 Å². The summed E-state index contributed by atoms with van der Waals surface area (Å²) in [5.41, 5.74) is 11.8. The summed E-state index contributed by atoms with van der Waals surface area (Å²) in [4.78, 5) is 23.9. The van der Waals surface area contributed by atoms with E-state index in [9.17, 15) is 9.18 Å². The van der Waals surface area contributed by atoms with E-state index >= 15 is 0 Å². The Labute approximate surface area is 155 Å². The number of methoxy groups -OCH3 is 1. The zero-order valence-corrected chi connectivity index (χ0v) is 14.9. The molecule has 1 aliphatic rings. The lowest BCUT2D eigenvalue weighted by atomic mass is 9.91. The van der Waals surface area contributed by atoms with Crippen LogP contribution < -0.4 is 26.8 Å². The van der Waals surface area contributed by atoms with Gasteiger partial charge >= 0.3 is 6.01 Å². The quantitative estimate of drug-likeness (QED) is 0.596. The Hall–Kier alpha value is -3.01. The number of anilines is 3. The number of halogens is 1. The van der Waals surface area contributed by atoms with Gasteiger partial charge in [0.2, 0.25) is 0 Å². The normalized spacial score (nSPS) is 19.4. The van der Waals surface area contributed by atoms with E-state index in [4.69, 9.17) is 16.2 Å². The molecular weight excluding hydrogens is 353 g/mol. The number of nitrogens with zero attached hydrogens (tertiary/aromatic N) is 3. The largest absolute Gasteiger partial charge is 0.467 e. The Bertz CT molecular complexity index is 816. The van der Waals surface area contributed by atoms with Gasteiger partial charge in [-0.25, -0.2) is 19.3 Å². The van der Waals surface area contributed by atoms with Crippen molar-refractivity contribution in [3.63, 3.8) is 0 Å². The summed E-state index contributed by atoms with van der Waals surface area (Å²) >= 11 is 0. The van der Waals surface area contributed by atoms with E-state index in [1.807, 2.05) is 0 Å². The van der Waals surface area contributed by atoms with Gasteiger partial charge in [0.15, 0.2) is 11.6 Å². The van der Waals surface area contributed by atoms with Crippen molar-refractivity contribution in [2.75, 3.05) is 17.7 Å². The molecule has 1 amide bonds. The maximum absolute atomic E-state index is 14.5. The molecule has 0 spiro atoms. The number of nitrogens with one attached hydrogen (secondary N) is 2. The maximum Gasteiger partial charge on any atom is 0.316 e. The molecule has 0 radical (unpaired) electrons. The van der Waals surface area contributed by atoms with Crippen molar-refractivity contribution in [2.45, 2.75) is 37.8 Å². The fourth-order valence-corrected chi connectivity index (χ4v) is 3.01. The van der Waals surface area contributed by atoms with E-state index in [1.54, 1.807) is 0 Å². The molecule has 1 unspecified atom stereocenters. The lowest BCUT2D eigenvalue weighted by Gasteiger charge is -2.30. The third-order valence-corrected chi connectivity index (χ3v) is 4.46. The number of pyridine rings is 1. The van der Waals surface area contributed by atoms with Crippen molar-refractivity contribution in [2.24, 2.45) is 11.5 Å². The average Bonchev–Trinajstić information content (AvgIpc) is 2.66. The SMILES string of the molecule is COc1ncc(Nc2nc(NC3CCCC[C@@H]3N)c(F)cc2C(N)=O)cn1. The zero-order chi connectivity index (χ0) is 19.4. The smallest absolute Gasteiger partial charge is 0.316 e. The van der Waals surface area contributed by atoms with Gasteiger partial charge in [-0.3, -0.25) is 4.79 Å². The van der Waals surface area contributed by atoms with E-state index < -0.39 is 11.7 Å². The molecule has 6 N–H and O–H groups in total. The average molecular weight is 375 g/mol. The van der Waals surface area contributed by atoms with Gasteiger partial charge in [-0.15, -0.1) is 0 Å². The Morgan fingerprint density at radius 2 is 1.96 bits per heavy atom. The predicted molar refractivity (Wildman–Crippen MR) is 98.4 cm³/mol. The standard InChI is InChI=1S/C17H22FN7O2/c1-27-17-21-7-9(8-22-17)23-15-10(14(20)26)6-11(18)16(25-15)24-13-5-3-2-4-12(13)19/h6-8,12-13H,2-5,19H2,1H3,(H2,20,26)(H2,23,24,25)/t12-,13?/m0/s1. The third kappa shape index (κ3) is 4.40. The molecule has 1 fully saturated rings. The van der Waals surface area contributed by atoms with Crippen molar-refractivity contribution >= 4 is 23.2 Å². The minimum Gasteiger partial charge on any atom is -0.467 e. The van der Waals surface area contributed by atoms with Crippen molar-refractivity contribution in [1.29, 1.82) is 0 Å². The number of aromatic nitrogens is 3. The summed E-state index contributed by atoms with van der Waals surface area (Å²) < 4.78 is 19.4. The molecule has 0 aliphatic heterocycles. The Morgan fingerprint density at radius 3 is 2.59 bits per heavy atom. The molecule has 27 heavy (non-hydrogen) atoms. The van der Waals surface area contributed by atoms with Crippen LogP contribution in [0.25, 0.3) is 0 Å². The van der Waals surface area contributed by atoms with E-state index in [0.717, 1.165) is 31.7 Å². The number of hydrogen-bond acceptors (Lipinski definition) is 8. The first-order chi connectivity index (χ1) is 13.0. The van der Waals surface area contributed by atoms with Crippen molar-refractivity contribution in [3.8, 4) is 6.01 Å². The molecule has 1 saturated carbocycles. The first kappa shape index (κ1) is 18.8. The number of nitrogens with two attached hydrogens (primary N) is 2. The summed E-state index contributed by atoms with van der Waals surface area (Å²) in [6.45, 7) is 0. The number of carbonyl (C=O) groups is 1. The second-order valence-corrected chi connectivity index (χ2v) is 6.36. The summed E-state index contributed by atoms with van der Waals surface area (Å²) in [6, 6.07) is 1.08. The first-order valence-corrected chi connectivity index (χ1v) is 8.63. The number of rotatable bonds is 6. The number of amides is 1. The highest BCUT2D eigenvalue weighted by Gasteiger charge is 2.24. The molecule has 2 aromatic rings. The highest BCUT2D eigenvalue weighted by molar-refractivity contribution is 5.98. The van der Waals surface area contributed by atoms with Crippen LogP contribution in [0.2, 0.25) is 0 Å². The van der Waals surface area contributed by atoms with Gasteiger partial charge in [0.1, 0.15) is 5.82 Å². The van der Waals surface area contributed by atoms with Crippen molar-refractivity contribution < 1.29 is 13.9 Å². The van der Waals surface area contributed by atoms with E-state index in [-0.39, 0.29) is 35.3 Å². The van der Waals surface area contributed by atoms with Crippen molar-refractivity contribution in [3.05, 3.63) is 29.8 Å². The van der Waals surface area contributed by atoms with Crippen LogP contribution in [0.4, 0.5) is 21.7 Å². The molecule has 144 valence electrons. The van der Waals surface area contributed by atoms with Crippen LogP contribution in [0, 0.1) is 5.82 Å². The fourth-order valence-electron chi connectivity index (χ4n) is 3.01. The third-order valence-electron chi connectivity index (χ3n) is 4.46. The maximum atomic E-state index is 14.5. The van der Waals surface area contributed by atoms with Gasteiger partial charge in [-0.05, 0) is 18.9 Å². The van der Waals surface area contributed by atoms with Crippen LogP contribution in [-0.4, -0.2) is 40.1 Å². The molecular formula is C17H22FN7O2. The number of hydrogen-bond donors (Lipinski definition) is 4. The van der Waals surface area contributed by atoms with Gasteiger partial charge in [0, 0.05) is 12.1 Å². The van der Waals surface area contributed by atoms with Crippen LogP contribution in [0.3, 0.4) is 0 Å². The van der Waals surface area contributed by atoms with Crippen LogP contribution in [0.5, 0.6) is 6.01 Å². The van der Waals surface area contributed by atoms with Gasteiger partial charge in [-0.1, -0.05) is 12.8 Å². The second-order valence-electron chi connectivity index (χ2n) is 6.36. The molecule has 0 bridgehead atoms. The second kappa shape index (κ2) is 8.12. The molecule has 2 aromatic heterocycles. The Balaban J connectivity index is 1.89. The molecule has 0 saturated heterocycles. The Morgan fingerprint density at radius 1 is 1.26 bits per heavy atom. The summed E-state index contributed by atoms with van der Waals surface area (Å²) in [5, 5.41) is 5.95. The Kier molecular flexibility index (Phi) is 5.65. The first-order valence-electron chi connectivity index (χ1n) is 8.63. The molecule has 2 atom stereocenters. The molecule has 10 heteroatoms. The van der Waals surface area contributed by atoms with E-state index in [1.165, 1.54) is 19.5 Å². The van der Waals surface area contributed by atoms with Crippen LogP contribution in [0.15, 0.2) is 18.5 Å². The summed E-state index contributed by atoms with van der Waals surface area (Å²) in [5.74, 6) is -1.36. The number of carbonyl (C=O) groups excluding carboxylic acids is 1. The topological polar surface area (TPSA) is 141 Å².